The van der Waals surface area contributed by atoms with E-state index in [9.17, 15) is 14.7 Å². The van der Waals surface area contributed by atoms with Gasteiger partial charge in [-0.1, -0.05) is 47.7 Å². The third kappa shape index (κ3) is 4.95. The van der Waals surface area contributed by atoms with Gasteiger partial charge in [0.15, 0.2) is 0 Å². The van der Waals surface area contributed by atoms with Crippen molar-refractivity contribution in [2.45, 2.75) is 24.6 Å². The number of aromatic nitrogens is 3. The molecule has 1 atom stereocenters. The minimum absolute atomic E-state index is 0.0345. The average molecular weight is 436 g/mol. The number of hydrogen-bond donors (Lipinski definition) is 3. The van der Waals surface area contributed by atoms with E-state index in [0.29, 0.717) is 5.89 Å². The zero-order valence-corrected chi connectivity index (χ0v) is 17.5. The van der Waals surface area contributed by atoms with E-state index in [2.05, 4.69) is 20.5 Å². The number of H-pyrrole nitrogens is 1. The van der Waals surface area contributed by atoms with Crippen molar-refractivity contribution >= 4 is 34.5 Å². The molecular weight excluding hydrogens is 416 g/mol. The third-order valence-electron chi connectivity index (χ3n) is 4.76. The predicted molar refractivity (Wildman–Crippen MR) is 117 cm³/mol. The highest BCUT2D eigenvalue weighted by atomic mass is 32.2. The highest BCUT2D eigenvalue weighted by Crippen LogP contribution is 2.23. The average Bonchev–Trinajstić information content (AvgIpc) is 3.40. The maximum Gasteiger partial charge on any atom is 0.326 e. The van der Waals surface area contributed by atoms with Crippen molar-refractivity contribution in [3.05, 3.63) is 65.9 Å². The number of carboxylic acids is 1. The lowest BCUT2D eigenvalue weighted by Gasteiger charge is -2.13. The van der Waals surface area contributed by atoms with Crippen LogP contribution in [0.25, 0.3) is 22.4 Å². The highest BCUT2D eigenvalue weighted by Gasteiger charge is 2.22. The number of hydrogen-bond acceptors (Lipinski definition) is 6. The normalized spacial score (nSPS) is 12.0. The predicted octanol–water partition coefficient (Wildman–Crippen LogP) is 3.43. The monoisotopic (exact) mass is 436 g/mol. The molecule has 158 valence electrons. The van der Waals surface area contributed by atoms with Crippen LogP contribution in [0.2, 0.25) is 0 Å². The molecule has 3 N–H and O–H groups in total. The number of rotatable bonds is 8. The minimum atomic E-state index is -1.09. The summed E-state index contributed by atoms with van der Waals surface area (Å²) in [6.07, 6.45) is 1.94. The molecule has 2 aromatic heterocycles. The molecule has 0 bridgehead atoms. The van der Waals surface area contributed by atoms with Gasteiger partial charge in [0.1, 0.15) is 6.04 Å². The van der Waals surface area contributed by atoms with Crippen LogP contribution >= 0.6 is 11.8 Å². The molecule has 2 aromatic carbocycles. The van der Waals surface area contributed by atoms with Crippen LogP contribution in [0, 0.1) is 6.92 Å². The Kier molecular flexibility index (Phi) is 6.03. The lowest BCUT2D eigenvalue weighted by Crippen LogP contribution is -2.43. The van der Waals surface area contributed by atoms with E-state index >= 15 is 0 Å². The third-order valence-corrected chi connectivity index (χ3v) is 5.58. The molecule has 31 heavy (non-hydrogen) atoms. The van der Waals surface area contributed by atoms with Gasteiger partial charge >= 0.3 is 5.97 Å². The van der Waals surface area contributed by atoms with Gasteiger partial charge in [0.2, 0.25) is 11.8 Å². The maximum absolute atomic E-state index is 12.3. The SMILES string of the molecule is Cc1ccc(-c2nnc(SCC(=O)NC(Cc3c[nH]c4ccccc34)C(=O)O)o2)cc1. The Morgan fingerprint density at radius 2 is 1.94 bits per heavy atom. The number of nitrogens with one attached hydrogen (secondary N) is 2. The second kappa shape index (κ2) is 9.05. The topological polar surface area (TPSA) is 121 Å². The van der Waals surface area contributed by atoms with Crippen molar-refractivity contribution < 1.29 is 19.1 Å². The van der Waals surface area contributed by atoms with Crippen molar-refractivity contribution in [2.75, 3.05) is 5.75 Å². The molecule has 1 unspecified atom stereocenters. The Bertz CT molecular complexity index is 1220. The number of amides is 1. The summed E-state index contributed by atoms with van der Waals surface area (Å²) in [7, 11) is 0. The van der Waals surface area contributed by atoms with Crippen molar-refractivity contribution in [3.8, 4) is 11.5 Å². The number of carbonyl (C=O) groups is 2. The van der Waals surface area contributed by atoms with Gasteiger partial charge in [-0.3, -0.25) is 4.79 Å². The summed E-state index contributed by atoms with van der Waals surface area (Å²) in [6.45, 7) is 1.99. The Morgan fingerprint density at radius 3 is 2.71 bits per heavy atom. The van der Waals surface area contributed by atoms with Gasteiger partial charge in [-0.15, -0.1) is 10.2 Å². The molecule has 1 amide bonds. The van der Waals surface area contributed by atoms with Gasteiger partial charge in [-0.05, 0) is 30.7 Å². The minimum Gasteiger partial charge on any atom is -0.480 e. The number of aryl methyl sites for hydroxylation is 1. The zero-order valence-electron chi connectivity index (χ0n) is 16.7. The fraction of sp³-hybridized carbons (Fsp3) is 0.182. The fourth-order valence-corrected chi connectivity index (χ4v) is 3.74. The van der Waals surface area contributed by atoms with Gasteiger partial charge in [-0.25, -0.2) is 4.79 Å². The van der Waals surface area contributed by atoms with Gasteiger partial charge in [0.05, 0.1) is 5.75 Å². The molecular formula is C22H20N4O4S. The molecule has 0 aliphatic carbocycles. The molecule has 0 fully saturated rings. The van der Waals surface area contributed by atoms with Gasteiger partial charge < -0.3 is 19.8 Å². The Balaban J connectivity index is 1.35. The molecule has 4 aromatic rings. The maximum atomic E-state index is 12.3. The Morgan fingerprint density at radius 1 is 1.16 bits per heavy atom. The summed E-state index contributed by atoms with van der Waals surface area (Å²) in [4.78, 5) is 27.1. The van der Waals surface area contributed by atoms with Crippen molar-refractivity contribution in [1.29, 1.82) is 0 Å². The molecule has 8 nitrogen and oxygen atoms in total. The number of para-hydroxylation sites is 1. The Hall–Kier alpha value is -3.59. The number of aromatic amines is 1. The van der Waals surface area contributed by atoms with E-state index in [0.717, 1.165) is 39.4 Å². The number of carbonyl (C=O) groups excluding carboxylic acids is 1. The van der Waals surface area contributed by atoms with E-state index in [1.807, 2.05) is 55.5 Å². The lowest BCUT2D eigenvalue weighted by atomic mass is 10.1. The van der Waals surface area contributed by atoms with Gasteiger partial charge in [0.25, 0.3) is 5.22 Å². The number of fused-ring (bicyclic) bond motifs is 1. The first kappa shape index (κ1) is 20.7. The number of aliphatic carboxylic acids is 1. The molecule has 4 rings (SSSR count). The van der Waals surface area contributed by atoms with Crippen LogP contribution in [0.1, 0.15) is 11.1 Å². The molecule has 0 spiro atoms. The van der Waals surface area contributed by atoms with E-state index in [1.54, 1.807) is 6.20 Å². The molecule has 0 aliphatic rings. The number of nitrogens with zero attached hydrogens (tertiary/aromatic N) is 2. The largest absolute Gasteiger partial charge is 0.480 e. The summed E-state index contributed by atoms with van der Waals surface area (Å²) in [5.41, 5.74) is 3.66. The van der Waals surface area contributed by atoms with Crippen LogP contribution in [-0.4, -0.2) is 44.0 Å². The summed E-state index contributed by atoms with van der Waals surface area (Å²) < 4.78 is 5.59. The van der Waals surface area contributed by atoms with E-state index < -0.39 is 17.9 Å². The smallest absolute Gasteiger partial charge is 0.326 e. The molecule has 0 radical (unpaired) electrons. The lowest BCUT2D eigenvalue weighted by molar-refractivity contribution is -0.141. The zero-order chi connectivity index (χ0) is 21.8. The number of carboxylic acid groups (broad SMARTS) is 1. The highest BCUT2D eigenvalue weighted by molar-refractivity contribution is 7.99. The second-order valence-electron chi connectivity index (χ2n) is 7.05. The first-order valence-electron chi connectivity index (χ1n) is 9.60. The van der Waals surface area contributed by atoms with Crippen LogP contribution in [0.15, 0.2) is 64.4 Å². The van der Waals surface area contributed by atoms with Crippen LogP contribution in [0.3, 0.4) is 0 Å². The molecule has 0 aliphatic heterocycles. The van der Waals surface area contributed by atoms with E-state index in [-0.39, 0.29) is 17.4 Å². The first-order valence-corrected chi connectivity index (χ1v) is 10.6. The van der Waals surface area contributed by atoms with Crippen LogP contribution < -0.4 is 5.32 Å². The first-order chi connectivity index (χ1) is 15.0. The molecule has 0 saturated heterocycles. The van der Waals surface area contributed by atoms with Crippen molar-refractivity contribution in [1.82, 2.24) is 20.5 Å². The molecule has 0 saturated carbocycles. The molecule has 9 heteroatoms. The van der Waals surface area contributed by atoms with Crippen LogP contribution in [-0.2, 0) is 16.0 Å². The Labute approximate surface area is 182 Å². The summed E-state index contributed by atoms with van der Waals surface area (Å²) >= 11 is 1.06. The van der Waals surface area contributed by atoms with Crippen LogP contribution in [0.5, 0.6) is 0 Å². The van der Waals surface area contributed by atoms with Gasteiger partial charge in [-0.2, -0.15) is 0 Å². The second-order valence-corrected chi connectivity index (χ2v) is 7.98. The summed E-state index contributed by atoms with van der Waals surface area (Å²) in [6, 6.07) is 14.2. The standard InChI is InChI=1S/C22H20N4O4S/c1-13-6-8-14(9-7-13)20-25-26-22(30-20)31-12-19(27)24-18(21(28)29)10-15-11-23-17-5-3-2-4-16(15)17/h2-9,11,18,23H,10,12H2,1H3,(H,24,27)(H,28,29). The van der Waals surface area contributed by atoms with Crippen LogP contribution in [0.4, 0.5) is 0 Å². The fourth-order valence-electron chi connectivity index (χ4n) is 3.16. The quantitative estimate of drug-likeness (QED) is 0.362. The number of benzene rings is 2. The van der Waals surface area contributed by atoms with Crippen molar-refractivity contribution in [2.24, 2.45) is 0 Å². The van der Waals surface area contributed by atoms with E-state index in [4.69, 9.17) is 4.42 Å². The van der Waals surface area contributed by atoms with E-state index in [1.165, 1.54) is 0 Å². The molecule has 2 heterocycles. The summed E-state index contributed by atoms with van der Waals surface area (Å²) in [5.74, 6) is -1.19. The van der Waals surface area contributed by atoms with Gasteiger partial charge in [0, 0.05) is 29.1 Å². The number of thioether (sulfide) groups is 1. The van der Waals surface area contributed by atoms with Crippen molar-refractivity contribution in [3.63, 3.8) is 0 Å². The summed E-state index contributed by atoms with van der Waals surface area (Å²) in [5, 5.41) is 21.2.